The first-order chi connectivity index (χ1) is 12.7. The van der Waals surface area contributed by atoms with Crippen molar-refractivity contribution >= 4 is 5.69 Å². The largest absolute Gasteiger partial charge is 0.497 e. The zero-order chi connectivity index (χ0) is 18.0. The number of tetrazole rings is 1. The van der Waals surface area contributed by atoms with Gasteiger partial charge < -0.3 is 10.1 Å². The third kappa shape index (κ3) is 2.92. The van der Waals surface area contributed by atoms with E-state index in [1.807, 2.05) is 35.0 Å². The molecule has 1 aliphatic rings. The van der Waals surface area contributed by atoms with Crippen LogP contribution in [0.5, 0.6) is 5.75 Å². The Morgan fingerprint density at radius 2 is 1.88 bits per heavy atom. The van der Waals surface area contributed by atoms with Gasteiger partial charge in [-0.1, -0.05) is 37.1 Å². The molecule has 0 aliphatic heterocycles. The van der Waals surface area contributed by atoms with Crippen molar-refractivity contribution < 1.29 is 4.74 Å². The van der Waals surface area contributed by atoms with Gasteiger partial charge in [0.2, 0.25) is 0 Å². The molecule has 1 N–H and O–H groups in total. The van der Waals surface area contributed by atoms with Crippen molar-refractivity contribution in [1.82, 2.24) is 20.2 Å². The summed E-state index contributed by atoms with van der Waals surface area (Å²) in [5.74, 6) is 1.70. The Morgan fingerprint density at radius 3 is 2.65 bits per heavy atom. The van der Waals surface area contributed by atoms with Gasteiger partial charge in [0, 0.05) is 11.8 Å². The summed E-state index contributed by atoms with van der Waals surface area (Å²) < 4.78 is 7.25. The second-order valence-corrected chi connectivity index (χ2v) is 6.85. The van der Waals surface area contributed by atoms with Crippen LogP contribution in [0.25, 0.3) is 5.69 Å². The number of anilines is 1. The summed E-state index contributed by atoms with van der Waals surface area (Å²) in [4.78, 5) is 0. The maximum Gasteiger partial charge on any atom is 0.181 e. The quantitative estimate of drug-likeness (QED) is 0.758. The van der Waals surface area contributed by atoms with Crippen molar-refractivity contribution in [1.29, 1.82) is 0 Å². The zero-order valence-electron chi connectivity index (χ0n) is 15.1. The maximum atomic E-state index is 5.37. The van der Waals surface area contributed by atoms with Crippen molar-refractivity contribution in [2.24, 2.45) is 0 Å². The first-order valence-electron chi connectivity index (χ1n) is 8.99. The van der Waals surface area contributed by atoms with Crippen molar-refractivity contribution in [3.63, 3.8) is 0 Å². The summed E-state index contributed by atoms with van der Waals surface area (Å²) in [6, 6.07) is 16.2. The van der Waals surface area contributed by atoms with E-state index in [1.54, 1.807) is 7.11 Å². The smallest absolute Gasteiger partial charge is 0.181 e. The van der Waals surface area contributed by atoms with E-state index in [1.165, 1.54) is 0 Å². The second kappa shape index (κ2) is 6.78. The van der Waals surface area contributed by atoms with Crippen LogP contribution in [0, 0.1) is 6.92 Å². The molecule has 1 aromatic heterocycles. The Labute approximate surface area is 153 Å². The highest BCUT2D eigenvalue weighted by atomic mass is 16.5. The number of ether oxygens (including phenoxy) is 1. The van der Waals surface area contributed by atoms with E-state index >= 15 is 0 Å². The monoisotopic (exact) mass is 349 g/mol. The summed E-state index contributed by atoms with van der Waals surface area (Å²) in [6.07, 6.45) is 4.29. The fourth-order valence-corrected chi connectivity index (χ4v) is 3.81. The van der Waals surface area contributed by atoms with E-state index < -0.39 is 0 Å². The highest BCUT2D eigenvalue weighted by molar-refractivity contribution is 5.51. The molecule has 1 fully saturated rings. The van der Waals surface area contributed by atoms with Crippen molar-refractivity contribution in [2.75, 3.05) is 12.4 Å². The molecule has 4 rings (SSSR count). The minimum absolute atomic E-state index is 0.280. The molecule has 2 aromatic carbocycles. The normalized spacial score (nSPS) is 15.8. The molecule has 26 heavy (non-hydrogen) atoms. The third-order valence-corrected chi connectivity index (χ3v) is 5.15. The standard InChI is InChI=1S/C20H23N5O/c1-15-8-3-4-11-18(15)25-19(22-23-24-25)20(12-5-6-13-20)21-16-9-7-10-17(14-16)26-2/h3-4,7-11,14,21H,5-6,12-13H2,1-2H3. The predicted octanol–water partition coefficient (Wildman–Crippen LogP) is 3.86. The van der Waals surface area contributed by atoms with Crippen molar-refractivity contribution in [3.8, 4) is 11.4 Å². The lowest BCUT2D eigenvalue weighted by Crippen LogP contribution is -2.35. The summed E-state index contributed by atoms with van der Waals surface area (Å²) >= 11 is 0. The van der Waals surface area contributed by atoms with E-state index in [0.29, 0.717) is 0 Å². The Kier molecular flexibility index (Phi) is 4.32. The topological polar surface area (TPSA) is 64.9 Å². The molecule has 0 atom stereocenters. The molecule has 0 bridgehead atoms. The summed E-state index contributed by atoms with van der Waals surface area (Å²) in [5.41, 5.74) is 2.91. The van der Waals surface area contributed by atoms with Crippen LogP contribution in [-0.4, -0.2) is 27.3 Å². The number of nitrogens with zero attached hydrogens (tertiary/aromatic N) is 4. The number of hydrogen-bond acceptors (Lipinski definition) is 5. The average molecular weight is 349 g/mol. The fraction of sp³-hybridized carbons (Fsp3) is 0.350. The van der Waals surface area contributed by atoms with Gasteiger partial charge in [0.15, 0.2) is 5.82 Å². The average Bonchev–Trinajstić information content (AvgIpc) is 3.32. The first kappa shape index (κ1) is 16.6. The van der Waals surface area contributed by atoms with Gasteiger partial charge in [0.1, 0.15) is 5.75 Å². The van der Waals surface area contributed by atoms with Crippen molar-refractivity contribution in [2.45, 2.75) is 38.1 Å². The van der Waals surface area contributed by atoms with Crippen LogP contribution in [-0.2, 0) is 5.54 Å². The van der Waals surface area contributed by atoms with Gasteiger partial charge in [0.05, 0.1) is 18.3 Å². The Morgan fingerprint density at radius 1 is 1.08 bits per heavy atom. The van der Waals surface area contributed by atoms with Crippen LogP contribution in [0.3, 0.4) is 0 Å². The van der Waals surface area contributed by atoms with Crippen LogP contribution in [0.15, 0.2) is 48.5 Å². The lowest BCUT2D eigenvalue weighted by molar-refractivity contribution is 0.414. The summed E-state index contributed by atoms with van der Waals surface area (Å²) in [5, 5.41) is 16.5. The number of methoxy groups -OCH3 is 1. The van der Waals surface area contributed by atoms with Crippen LogP contribution in [0.2, 0.25) is 0 Å². The van der Waals surface area contributed by atoms with Gasteiger partial charge in [0.25, 0.3) is 0 Å². The van der Waals surface area contributed by atoms with Crippen LogP contribution in [0.4, 0.5) is 5.69 Å². The number of aromatic nitrogens is 4. The van der Waals surface area contributed by atoms with E-state index in [4.69, 9.17) is 4.74 Å². The lowest BCUT2D eigenvalue weighted by atomic mass is 9.95. The Balaban J connectivity index is 1.76. The van der Waals surface area contributed by atoms with Gasteiger partial charge in [-0.25, -0.2) is 0 Å². The van der Waals surface area contributed by atoms with Gasteiger partial charge >= 0.3 is 0 Å². The fourth-order valence-electron chi connectivity index (χ4n) is 3.81. The molecule has 0 unspecified atom stereocenters. The Bertz CT molecular complexity index is 898. The van der Waals surface area contributed by atoms with Gasteiger partial charge in [-0.15, -0.1) is 5.10 Å². The van der Waals surface area contributed by atoms with Gasteiger partial charge in [-0.05, 0) is 54.0 Å². The van der Waals surface area contributed by atoms with E-state index in [9.17, 15) is 0 Å². The maximum absolute atomic E-state index is 5.37. The summed E-state index contributed by atoms with van der Waals surface area (Å²) in [7, 11) is 1.68. The SMILES string of the molecule is COc1cccc(NC2(c3nnnn3-c3ccccc3C)CCCC2)c1. The molecule has 0 amide bonds. The van der Waals surface area contributed by atoms with Gasteiger partial charge in [-0.2, -0.15) is 4.68 Å². The van der Waals surface area contributed by atoms with Crippen LogP contribution < -0.4 is 10.1 Å². The number of rotatable bonds is 5. The van der Waals surface area contributed by atoms with Gasteiger partial charge in [-0.3, -0.25) is 0 Å². The molecule has 0 spiro atoms. The summed E-state index contributed by atoms with van der Waals surface area (Å²) in [6.45, 7) is 2.08. The molecule has 6 nitrogen and oxygen atoms in total. The molecular formula is C20H23N5O. The zero-order valence-corrected chi connectivity index (χ0v) is 15.1. The number of benzene rings is 2. The lowest BCUT2D eigenvalue weighted by Gasteiger charge is -2.30. The molecule has 0 radical (unpaired) electrons. The molecule has 1 aliphatic carbocycles. The predicted molar refractivity (Wildman–Crippen MR) is 101 cm³/mol. The van der Waals surface area contributed by atoms with Crippen molar-refractivity contribution in [3.05, 3.63) is 59.9 Å². The highest BCUT2D eigenvalue weighted by Crippen LogP contribution is 2.41. The molecule has 1 saturated carbocycles. The number of aryl methyl sites for hydroxylation is 1. The Hall–Kier alpha value is -2.89. The molecule has 6 heteroatoms. The molecular weight excluding hydrogens is 326 g/mol. The number of hydrogen-bond donors (Lipinski definition) is 1. The third-order valence-electron chi connectivity index (χ3n) is 5.15. The van der Waals surface area contributed by atoms with E-state index in [0.717, 1.165) is 54.2 Å². The van der Waals surface area contributed by atoms with E-state index in [2.05, 4.69) is 46.0 Å². The van der Waals surface area contributed by atoms with Crippen LogP contribution in [0.1, 0.15) is 37.1 Å². The minimum atomic E-state index is -0.280. The minimum Gasteiger partial charge on any atom is -0.497 e. The highest BCUT2D eigenvalue weighted by Gasteiger charge is 2.41. The molecule has 3 aromatic rings. The van der Waals surface area contributed by atoms with Crippen LogP contribution >= 0.6 is 0 Å². The number of para-hydroxylation sites is 1. The number of nitrogens with one attached hydrogen (secondary N) is 1. The first-order valence-corrected chi connectivity index (χ1v) is 8.99. The molecule has 1 heterocycles. The molecule has 134 valence electrons. The van der Waals surface area contributed by atoms with E-state index in [-0.39, 0.29) is 5.54 Å². The molecule has 0 saturated heterocycles. The second-order valence-electron chi connectivity index (χ2n) is 6.85.